The lowest BCUT2D eigenvalue weighted by Gasteiger charge is -2.33. The molecule has 3 rings (SSSR count). The van der Waals surface area contributed by atoms with Crippen molar-refractivity contribution in [2.75, 3.05) is 26.2 Å². The van der Waals surface area contributed by atoms with Crippen LogP contribution in [0, 0.1) is 5.92 Å². The van der Waals surface area contributed by atoms with Gasteiger partial charge in [0.2, 0.25) is 5.91 Å². The van der Waals surface area contributed by atoms with Crippen LogP contribution in [0.1, 0.15) is 75.2 Å². The summed E-state index contributed by atoms with van der Waals surface area (Å²) in [6.45, 7) is 8.91. The van der Waals surface area contributed by atoms with Crippen molar-refractivity contribution in [2.45, 2.75) is 71.8 Å². The fraction of sp³-hybridized carbons (Fsp3) is 0.552. The Morgan fingerprint density at radius 1 is 1.09 bits per heavy atom. The molecule has 6 heteroatoms. The first kappa shape index (κ1) is 26.7. The lowest BCUT2D eigenvalue weighted by Crippen LogP contribution is -2.45. The number of aryl methyl sites for hydroxylation is 1. The Hall–Kier alpha value is -2.89. The zero-order valence-corrected chi connectivity index (χ0v) is 21.6. The van der Waals surface area contributed by atoms with Gasteiger partial charge < -0.3 is 14.5 Å². The van der Waals surface area contributed by atoms with Crippen LogP contribution < -0.4 is 4.74 Å². The monoisotopic (exact) mass is 479 g/mol. The van der Waals surface area contributed by atoms with Crippen molar-refractivity contribution in [1.29, 1.82) is 0 Å². The first-order valence-electron chi connectivity index (χ1n) is 13.2. The molecule has 190 valence electrons. The van der Waals surface area contributed by atoms with Crippen molar-refractivity contribution in [3.8, 4) is 5.75 Å². The molecule has 1 aliphatic heterocycles. The molecule has 6 nitrogen and oxygen atoms in total. The highest BCUT2D eigenvalue weighted by Crippen LogP contribution is 2.24. The summed E-state index contributed by atoms with van der Waals surface area (Å²) in [6, 6.07) is 11.5. The van der Waals surface area contributed by atoms with Crippen LogP contribution in [0.5, 0.6) is 5.75 Å². The van der Waals surface area contributed by atoms with E-state index in [1.165, 1.54) is 5.56 Å². The van der Waals surface area contributed by atoms with E-state index in [1.54, 1.807) is 12.4 Å². The molecule has 0 bridgehead atoms. The topological polar surface area (TPSA) is 62.7 Å². The third kappa shape index (κ3) is 8.08. The summed E-state index contributed by atoms with van der Waals surface area (Å²) in [6.07, 6.45) is 9.53. The van der Waals surface area contributed by atoms with Crippen LogP contribution in [-0.2, 0) is 11.2 Å². The van der Waals surface area contributed by atoms with E-state index >= 15 is 0 Å². The molecule has 1 atom stereocenters. The normalized spacial score (nSPS) is 17.7. The van der Waals surface area contributed by atoms with E-state index in [4.69, 9.17) is 4.74 Å². The second-order valence-corrected chi connectivity index (χ2v) is 9.83. The van der Waals surface area contributed by atoms with Crippen LogP contribution in [0.3, 0.4) is 0 Å². The van der Waals surface area contributed by atoms with Crippen LogP contribution >= 0.6 is 0 Å². The van der Waals surface area contributed by atoms with Gasteiger partial charge >= 0.3 is 0 Å². The molecule has 2 amide bonds. The Kier molecular flexibility index (Phi) is 10.6. The van der Waals surface area contributed by atoms with Crippen molar-refractivity contribution >= 4 is 11.8 Å². The van der Waals surface area contributed by atoms with Crippen molar-refractivity contribution < 1.29 is 14.3 Å². The van der Waals surface area contributed by atoms with E-state index in [0.29, 0.717) is 36.8 Å². The molecule has 2 aromatic rings. The van der Waals surface area contributed by atoms with Gasteiger partial charge in [-0.2, -0.15) is 0 Å². The minimum Gasteiger partial charge on any atom is -0.491 e. The molecule has 0 fully saturated rings. The largest absolute Gasteiger partial charge is 0.491 e. The number of benzene rings is 1. The van der Waals surface area contributed by atoms with Gasteiger partial charge in [-0.15, -0.1) is 0 Å². The van der Waals surface area contributed by atoms with E-state index < -0.39 is 0 Å². The quantitative estimate of drug-likeness (QED) is 0.535. The number of fused-ring (bicyclic) bond motifs is 1. The summed E-state index contributed by atoms with van der Waals surface area (Å²) in [5.41, 5.74) is 1.81. The summed E-state index contributed by atoms with van der Waals surface area (Å²) in [5, 5.41) is 0. The number of aromatic nitrogens is 1. The predicted molar refractivity (Wildman–Crippen MR) is 139 cm³/mol. The van der Waals surface area contributed by atoms with E-state index in [1.807, 2.05) is 48.2 Å². The van der Waals surface area contributed by atoms with Crippen LogP contribution in [-0.4, -0.2) is 58.9 Å². The van der Waals surface area contributed by atoms with Gasteiger partial charge in [-0.05, 0) is 81.2 Å². The number of carbonyl (C=O) groups excluding carboxylic acids is 2. The maximum absolute atomic E-state index is 13.5. The molecule has 35 heavy (non-hydrogen) atoms. The van der Waals surface area contributed by atoms with Crippen molar-refractivity contribution in [2.24, 2.45) is 5.92 Å². The first-order valence-corrected chi connectivity index (χ1v) is 13.2. The van der Waals surface area contributed by atoms with Crippen molar-refractivity contribution in [1.82, 2.24) is 14.8 Å². The average Bonchev–Trinajstić information content (AvgIpc) is 2.87. The summed E-state index contributed by atoms with van der Waals surface area (Å²) < 4.78 is 6.28. The van der Waals surface area contributed by atoms with Crippen LogP contribution in [0.15, 0.2) is 48.8 Å². The number of hydrogen-bond acceptors (Lipinski definition) is 4. The van der Waals surface area contributed by atoms with Gasteiger partial charge in [-0.25, -0.2) is 0 Å². The van der Waals surface area contributed by atoms with E-state index in [0.717, 1.165) is 51.6 Å². The molecular formula is C29H41N3O3. The highest BCUT2D eigenvalue weighted by molar-refractivity contribution is 5.96. The minimum atomic E-state index is -0.0189. The summed E-state index contributed by atoms with van der Waals surface area (Å²) in [7, 11) is 0. The number of carbonyl (C=O) groups is 2. The standard InChI is InChI=1S/C29H41N3O3/c1-4-31-19-8-5-9-20-32(28(33)14-10-11-24-15-17-30-18-16-24)25(21-23(2)3)22-35-27-13-7-6-12-26(27)29(31)34/h6-7,12-13,15-18,23,25H,4-5,8-11,14,19-22H2,1-3H3/t25-/m0/s1. The number of amides is 2. The Labute approximate surface area is 210 Å². The van der Waals surface area contributed by atoms with E-state index in [-0.39, 0.29) is 17.9 Å². The van der Waals surface area contributed by atoms with Crippen LogP contribution in [0.25, 0.3) is 0 Å². The zero-order chi connectivity index (χ0) is 25.0. The second kappa shape index (κ2) is 13.9. The molecule has 0 spiro atoms. The van der Waals surface area contributed by atoms with Crippen LogP contribution in [0.2, 0.25) is 0 Å². The van der Waals surface area contributed by atoms with Gasteiger partial charge in [0, 0.05) is 38.4 Å². The first-order chi connectivity index (χ1) is 17.0. The summed E-state index contributed by atoms with van der Waals surface area (Å²) in [5.74, 6) is 1.25. The van der Waals surface area contributed by atoms with Gasteiger partial charge in [-0.3, -0.25) is 14.6 Å². The van der Waals surface area contributed by atoms with Gasteiger partial charge in [0.25, 0.3) is 5.91 Å². The molecule has 0 unspecified atom stereocenters. The highest BCUT2D eigenvalue weighted by atomic mass is 16.5. The predicted octanol–water partition coefficient (Wildman–Crippen LogP) is 5.37. The fourth-order valence-electron chi connectivity index (χ4n) is 4.77. The molecule has 0 saturated carbocycles. The summed E-state index contributed by atoms with van der Waals surface area (Å²) >= 11 is 0. The average molecular weight is 480 g/mol. The molecular weight excluding hydrogens is 438 g/mol. The second-order valence-electron chi connectivity index (χ2n) is 9.83. The van der Waals surface area contributed by atoms with Gasteiger partial charge in [0.05, 0.1) is 11.6 Å². The number of nitrogens with zero attached hydrogens (tertiary/aromatic N) is 3. The lowest BCUT2D eigenvalue weighted by atomic mass is 10.0. The van der Waals surface area contributed by atoms with E-state index in [9.17, 15) is 9.59 Å². The Morgan fingerprint density at radius 2 is 1.83 bits per heavy atom. The molecule has 2 heterocycles. The number of rotatable bonds is 7. The number of hydrogen-bond donors (Lipinski definition) is 0. The third-order valence-electron chi connectivity index (χ3n) is 6.65. The number of para-hydroxylation sites is 1. The highest BCUT2D eigenvalue weighted by Gasteiger charge is 2.26. The van der Waals surface area contributed by atoms with Crippen molar-refractivity contribution in [3.63, 3.8) is 0 Å². The molecule has 1 aromatic carbocycles. The molecule has 1 aromatic heterocycles. The SMILES string of the molecule is CCN1CCCCCN(C(=O)CCCc2ccncc2)[C@@H](CC(C)C)COc2ccccc2C1=O. The third-order valence-corrected chi connectivity index (χ3v) is 6.65. The smallest absolute Gasteiger partial charge is 0.257 e. The Morgan fingerprint density at radius 3 is 2.57 bits per heavy atom. The molecule has 0 N–H and O–H groups in total. The molecule has 0 aliphatic carbocycles. The zero-order valence-electron chi connectivity index (χ0n) is 21.6. The number of ether oxygens (including phenoxy) is 1. The maximum atomic E-state index is 13.5. The van der Waals surface area contributed by atoms with Crippen LogP contribution in [0.4, 0.5) is 0 Å². The van der Waals surface area contributed by atoms with Gasteiger partial charge in [0.15, 0.2) is 0 Å². The van der Waals surface area contributed by atoms with Gasteiger partial charge in [-0.1, -0.05) is 26.0 Å². The maximum Gasteiger partial charge on any atom is 0.257 e. The molecule has 0 saturated heterocycles. The Balaban J connectivity index is 1.77. The molecule has 1 aliphatic rings. The Bertz CT molecular complexity index is 932. The number of pyridine rings is 1. The summed E-state index contributed by atoms with van der Waals surface area (Å²) in [4.78, 5) is 34.7. The van der Waals surface area contributed by atoms with Crippen molar-refractivity contribution in [3.05, 3.63) is 59.9 Å². The lowest BCUT2D eigenvalue weighted by molar-refractivity contribution is -0.134. The van der Waals surface area contributed by atoms with E-state index in [2.05, 4.69) is 23.7 Å². The fourth-order valence-corrected chi connectivity index (χ4v) is 4.77. The van der Waals surface area contributed by atoms with Gasteiger partial charge in [0.1, 0.15) is 12.4 Å². The minimum absolute atomic E-state index is 0.0189. The molecule has 0 radical (unpaired) electrons.